The van der Waals surface area contributed by atoms with Gasteiger partial charge in [0.15, 0.2) is 0 Å². The van der Waals surface area contributed by atoms with Crippen molar-refractivity contribution in [2.75, 3.05) is 19.7 Å². The second-order valence-corrected chi connectivity index (χ2v) is 5.82. The molecule has 4 heteroatoms. The summed E-state index contributed by atoms with van der Waals surface area (Å²) in [4.78, 5) is 12.5. The second kappa shape index (κ2) is 7.85. The van der Waals surface area contributed by atoms with E-state index in [0.717, 1.165) is 45.3 Å². The number of hydrogen-bond donors (Lipinski definition) is 2. The molecule has 19 heavy (non-hydrogen) atoms. The fourth-order valence-electron chi connectivity index (χ4n) is 3.06. The standard InChI is InChI=1S/C15H30N2O2/c1-4-7-15(11-16,8-5-2)14(18)17-10-13-6-9-19-12(13)3/h12-13H,4-11,16H2,1-3H3,(H,17,18). The first-order valence-corrected chi connectivity index (χ1v) is 7.69. The van der Waals surface area contributed by atoms with E-state index in [4.69, 9.17) is 10.5 Å². The van der Waals surface area contributed by atoms with Crippen LogP contribution in [0.1, 0.15) is 52.9 Å². The van der Waals surface area contributed by atoms with Crippen LogP contribution in [0, 0.1) is 11.3 Å². The van der Waals surface area contributed by atoms with Gasteiger partial charge in [-0.15, -0.1) is 0 Å². The minimum absolute atomic E-state index is 0.137. The molecule has 3 N–H and O–H groups in total. The van der Waals surface area contributed by atoms with Crippen molar-refractivity contribution in [2.24, 2.45) is 17.1 Å². The van der Waals surface area contributed by atoms with Crippen molar-refractivity contribution in [2.45, 2.75) is 59.0 Å². The molecule has 1 heterocycles. The van der Waals surface area contributed by atoms with Gasteiger partial charge in [0.2, 0.25) is 5.91 Å². The minimum atomic E-state index is -0.369. The Labute approximate surface area is 117 Å². The van der Waals surface area contributed by atoms with Gasteiger partial charge in [0.25, 0.3) is 0 Å². The van der Waals surface area contributed by atoms with Gasteiger partial charge >= 0.3 is 0 Å². The van der Waals surface area contributed by atoms with E-state index < -0.39 is 0 Å². The topological polar surface area (TPSA) is 64.4 Å². The van der Waals surface area contributed by atoms with Gasteiger partial charge in [0, 0.05) is 25.6 Å². The third-order valence-electron chi connectivity index (χ3n) is 4.39. The minimum Gasteiger partial charge on any atom is -0.378 e. The highest BCUT2D eigenvalue weighted by Gasteiger charge is 2.36. The van der Waals surface area contributed by atoms with E-state index in [1.165, 1.54) is 0 Å². The van der Waals surface area contributed by atoms with E-state index in [-0.39, 0.29) is 17.4 Å². The van der Waals surface area contributed by atoms with Crippen LogP contribution in [0.2, 0.25) is 0 Å². The van der Waals surface area contributed by atoms with Gasteiger partial charge in [0.1, 0.15) is 0 Å². The van der Waals surface area contributed by atoms with E-state index in [9.17, 15) is 4.79 Å². The number of ether oxygens (including phenoxy) is 1. The van der Waals surface area contributed by atoms with Crippen molar-refractivity contribution in [1.29, 1.82) is 0 Å². The van der Waals surface area contributed by atoms with Crippen molar-refractivity contribution in [1.82, 2.24) is 5.32 Å². The molecule has 1 fully saturated rings. The Morgan fingerprint density at radius 3 is 2.42 bits per heavy atom. The Morgan fingerprint density at radius 1 is 1.37 bits per heavy atom. The van der Waals surface area contributed by atoms with Crippen LogP contribution >= 0.6 is 0 Å². The van der Waals surface area contributed by atoms with Crippen molar-refractivity contribution in [3.63, 3.8) is 0 Å². The van der Waals surface area contributed by atoms with Crippen molar-refractivity contribution in [3.8, 4) is 0 Å². The summed E-state index contributed by atoms with van der Waals surface area (Å²) in [7, 11) is 0. The molecule has 0 aromatic rings. The zero-order chi connectivity index (χ0) is 14.3. The zero-order valence-corrected chi connectivity index (χ0v) is 12.7. The normalized spacial score (nSPS) is 23.6. The summed E-state index contributed by atoms with van der Waals surface area (Å²) in [6, 6.07) is 0. The molecule has 4 nitrogen and oxygen atoms in total. The van der Waals surface area contributed by atoms with Crippen LogP contribution in [0.5, 0.6) is 0 Å². The smallest absolute Gasteiger partial charge is 0.227 e. The monoisotopic (exact) mass is 270 g/mol. The zero-order valence-electron chi connectivity index (χ0n) is 12.7. The maximum atomic E-state index is 12.5. The molecule has 0 aromatic heterocycles. The molecule has 0 aromatic carbocycles. The molecule has 0 saturated carbocycles. The maximum Gasteiger partial charge on any atom is 0.227 e. The Kier molecular flexibility index (Phi) is 6.80. The summed E-state index contributed by atoms with van der Waals surface area (Å²) in [5, 5.41) is 3.12. The fraction of sp³-hybridized carbons (Fsp3) is 0.933. The Hall–Kier alpha value is -0.610. The third-order valence-corrected chi connectivity index (χ3v) is 4.39. The number of carbonyl (C=O) groups is 1. The van der Waals surface area contributed by atoms with E-state index >= 15 is 0 Å². The summed E-state index contributed by atoms with van der Waals surface area (Å²) < 4.78 is 5.53. The SMILES string of the molecule is CCCC(CN)(CCC)C(=O)NCC1CCOC1C. The fourth-order valence-corrected chi connectivity index (χ4v) is 3.06. The molecule has 1 amide bonds. The predicted octanol–water partition coefficient (Wildman–Crippen LogP) is 2.07. The Bertz CT molecular complexity index is 275. The van der Waals surface area contributed by atoms with Crippen molar-refractivity contribution < 1.29 is 9.53 Å². The largest absolute Gasteiger partial charge is 0.378 e. The summed E-state index contributed by atoms with van der Waals surface area (Å²) >= 11 is 0. The number of nitrogens with one attached hydrogen (secondary N) is 1. The van der Waals surface area contributed by atoms with Crippen LogP contribution in [0.3, 0.4) is 0 Å². The average molecular weight is 270 g/mol. The van der Waals surface area contributed by atoms with Crippen LogP contribution in [-0.2, 0) is 9.53 Å². The lowest BCUT2D eigenvalue weighted by Crippen LogP contribution is -2.47. The number of rotatable bonds is 8. The average Bonchev–Trinajstić information content (AvgIpc) is 2.81. The summed E-state index contributed by atoms with van der Waals surface area (Å²) in [6.45, 7) is 8.28. The lowest BCUT2D eigenvalue weighted by Gasteiger charge is -2.31. The molecule has 0 aliphatic carbocycles. The number of hydrogen-bond acceptors (Lipinski definition) is 3. The van der Waals surface area contributed by atoms with Gasteiger partial charge < -0.3 is 15.8 Å². The van der Waals surface area contributed by atoms with E-state index in [1.807, 2.05) is 0 Å². The lowest BCUT2D eigenvalue weighted by molar-refractivity contribution is -0.131. The second-order valence-electron chi connectivity index (χ2n) is 5.82. The molecule has 1 saturated heterocycles. The van der Waals surface area contributed by atoms with Crippen LogP contribution in [0.4, 0.5) is 0 Å². The van der Waals surface area contributed by atoms with Crippen LogP contribution < -0.4 is 11.1 Å². The summed E-state index contributed by atoms with van der Waals surface area (Å²) in [5.74, 6) is 0.584. The van der Waals surface area contributed by atoms with Crippen molar-refractivity contribution >= 4 is 5.91 Å². The molecular formula is C15H30N2O2. The molecule has 1 aliphatic rings. The lowest BCUT2D eigenvalue weighted by atomic mass is 9.78. The highest BCUT2D eigenvalue weighted by molar-refractivity contribution is 5.82. The molecule has 0 spiro atoms. The van der Waals surface area contributed by atoms with Crippen LogP contribution in [0.25, 0.3) is 0 Å². The summed E-state index contributed by atoms with van der Waals surface area (Å²) in [6.07, 6.45) is 5.03. The maximum absolute atomic E-state index is 12.5. The van der Waals surface area contributed by atoms with Crippen LogP contribution in [0.15, 0.2) is 0 Å². The van der Waals surface area contributed by atoms with Gasteiger partial charge in [-0.1, -0.05) is 26.7 Å². The Balaban J connectivity index is 2.55. The highest BCUT2D eigenvalue weighted by Crippen LogP contribution is 2.29. The van der Waals surface area contributed by atoms with Gasteiger partial charge in [-0.05, 0) is 26.2 Å². The molecule has 2 atom stereocenters. The molecule has 0 bridgehead atoms. The Morgan fingerprint density at radius 2 is 2.00 bits per heavy atom. The molecular weight excluding hydrogens is 240 g/mol. The van der Waals surface area contributed by atoms with Crippen LogP contribution in [-0.4, -0.2) is 31.7 Å². The van der Waals surface area contributed by atoms with E-state index in [1.54, 1.807) is 0 Å². The first kappa shape index (κ1) is 16.4. The van der Waals surface area contributed by atoms with Crippen molar-refractivity contribution in [3.05, 3.63) is 0 Å². The van der Waals surface area contributed by atoms with Gasteiger partial charge in [-0.25, -0.2) is 0 Å². The van der Waals surface area contributed by atoms with E-state index in [0.29, 0.717) is 12.5 Å². The predicted molar refractivity (Wildman–Crippen MR) is 77.8 cm³/mol. The van der Waals surface area contributed by atoms with Gasteiger partial charge in [-0.2, -0.15) is 0 Å². The third kappa shape index (κ3) is 4.18. The molecule has 1 rings (SSSR count). The molecule has 0 radical (unpaired) electrons. The highest BCUT2D eigenvalue weighted by atomic mass is 16.5. The molecule has 2 unspecified atom stereocenters. The number of nitrogens with two attached hydrogens (primary N) is 1. The van der Waals surface area contributed by atoms with Gasteiger partial charge in [0.05, 0.1) is 11.5 Å². The summed E-state index contributed by atoms with van der Waals surface area (Å²) in [5.41, 5.74) is 5.54. The number of amides is 1. The quantitative estimate of drug-likeness (QED) is 0.709. The number of carbonyl (C=O) groups excluding carboxylic acids is 1. The first-order valence-electron chi connectivity index (χ1n) is 7.69. The molecule has 1 aliphatic heterocycles. The molecule has 112 valence electrons. The van der Waals surface area contributed by atoms with E-state index in [2.05, 4.69) is 26.1 Å². The van der Waals surface area contributed by atoms with Gasteiger partial charge in [-0.3, -0.25) is 4.79 Å². The first-order chi connectivity index (χ1) is 9.09.